The van der Waals surface area contributed by atoms with Gasteiger partial charge >= 0.3 is 0 Å². The summed E-state index contributed by atoms with van der Waals surface area (Å²) >= 11 is 1.15. The van der Waals surface area contributed by atoms with Gasteiger partial charge in [-0.15, -0.1) is 11.3 Å². The summed E-state index contributed by atoms with van der Waals surface area (Å²) < 4.78 is 31.2. The van der Waals surface area contributed by atoms with Gasteiger partial charge in [-0.2, -0.15) is 4.31 Å². The van der Waals surface area contributed by atoms with E-state index in [1.54, 1.807) is 14.1 Å². The highest BCUT2D eigenvalue weighted by molar-refractivity contribution is 7.89. The largest absolute Gasteiger partial charge is 0.379 e. The average molecular weight is 304 g/mol. The Morgan fingerprint density at radius 1 is 1.37 bits per heavy atom. The van der Waals surface area contributed by atoms with Crippen LogP contribution in [0.25, 0.3) is 0 Å². The molecule has 1 aromatic heterocycles. The molecular weight excluding hydrogens is 288 g/mol. The Balaban J connectivity index is 2.24. The molecule has 0 unspecified atom stereocenters. The summed E-state index contributed by atoms with van der Waals surface area (Å²) in [6, 6.07) is 1.44. The lowest BCUT2D eigenvalue weighted by Gasteiger charge is -2.25. The van der Waals surface area contributed by atoms with E-state index in [1.165, 1.54) is 20.7 Å². The SMILES string of the molecule is CN(C)C(=O)c1cc(S(=O)(=O)N2CCOCC2)cs1. The van der Waals surface area contributed by atoms with Crippen molar-refractivity contribution in [3.05, 3.63) is 16.3 Å². The van der Waals surface area contributed by atoms with E-state index in [-0.39, 0.29) is 10.8 Å². The van der Waals surface area contributed by atoms with E-state index in [0.717, 1.165) is 11.3 Å². The Morgan fingerprint density at radius 3 is 2.58 bits per heavy atom. The van der Waals surface area contributed by atoms with Gasteiger partial charge in [-0.05, 0) is 6.07 Å². The molecule has 1 aliphatic heterocycles. The lowest BCUT2D eigenvalue weighted by Crippen LogP contribution is -2.40. The van der Waals surface area contributed by atoms with Crippen molar-refractivity contribution in [1.29, 1.82) is 0 Å². The zero-order chi connectivity index (χ0) is 14.0. The molecule has 0 saturated carbocycles. The molecule has 0 bridgehead atoms. The molecule has 0 N–H and O–H groups in total. The molecule has 106 valence electrons. The first-order valence-electron chi connectivity index (χ1n) is 5.81. The Morgan fingerprint density at radius 2 is 2.00 bits per heavy atom. The van der Waals surface area contributed by atoms with Gasteiger partial charge in [0.05, 0.1) is 23.0 Å². The van der Waals surface area contributed by atoms with Gasteiger partial charge in [0.2, 0.25) is 10.0 Å². The number of carbonyl (C=O) groups is 1. The third-order valence-corrected chi connectivity index (χ3v) is 5.74. The number of rotatable bonds is 3. The maximum absolute atomic E-state index is 12.3. The van der Waals surface area contributed by atoms with Gasteiger partial charge in [-0.25, -0.2) is 8.42 Å². The Kier molecular flexibility index (Phi) is 4.24. The van der Waals surface area contributed by atoms with E-state index >= 15 is 0 Å². The molecular formula is C11H16N2O4S2. The van der Waals surface area contributed by atoms with Crippen LogP contribution in [0.4, 0.5) is 0 Å². The van der Waals surface area contributed by atoms with Crippen molar-refractivity contribution in [3.63, 3.8) is 0 Å². The number of morpholine rings is 1. The molecule has 6 nitrogen and oxygen atoms in total. The van der Waals surface area contributed by atoms with Crippen LogP contribution in [0.15, 0.2) is 16.3 Å². The van der Waals surface area contributed by atoms with Crippen LogP contribution in [-0.2, 0) is 14.8 Å². The van der Waals surface area contributed by atoms with Crippen LogP contribution in [0, 0.1) is 0 Å². The summed E-state index contributed by atoms with van der Waals surface area (Å²) in [6.45, 7) is 1.53. The molecule has 1 aromatic rings. The van der Waals surface area contributed by atoms with Crippen molar-refractivity contribution in [1.82, 2.24) is 9.21 Å². The van der Waals surface area contributed by atoms with Crippen LogP contribution in [-0.4, -0.2) is 63.9 Å². The second kappa shape index (κ2) is 5.58. The fraction of sp³-hybridized carbons (Fsp3) is 0.545. The molecule has 0 aliphatic carbocycles. The number of ether oxygens (including phenoxy) is 1. The molecule has 19 heavy (non-hydrogen) atoms. The van der Waals surface area contributed by atoms with Gasteiger partial charge < -0.3 is 9.64 Å². The van der Waals surface area contributed by atoms with Gasteiger partial charge in [0.1, 0.15) is 0 Å². The minimum Gasteiger partial charge on any atom is -0.379 e. The van der Waals surface area contributed by atoms with Gasteiger partial charge in [0.15, 0.2) is 0 Å². The normalized spacial score (nSPS) is 17.4. The summed E-state index contributed by atoms with van der Waals surface area (Å²) in [7, 11) is -0.233. The molecule has 1 saturated heterocycles. The van der Waals surface area contributed by atoms with Crippen LogP contribution >= 0.6 is 11.3 Å². The molecule has 2 rings (SSSR count). The Labute approximate surface area is 116 Å². The number of nitrogens with zero attached hydrogens (tertiary/aromatic N) is 2. The molecule has 0 radical (unpaired) electrons. The van der Waals surface area contributed by atoms with E-state index in [9.17, 15) is 13.2 Å². The van der Waals surface area contributed by atoms with Crippen LogP contribution < -0.4 is 0 Å². The van der Waals surface area contributed by atoms with Crippen LogP contribution in [0.3, 0.4) is 0 Å². The summed E-state index contributed by atoms with van der Waals surface area (Å²) in [6.07, 6.45) is 0. The fourth-order valence-corrected chi connectivity index (χ4v) is 4.41. The number of carbonyl (C=O) groups excluding carboxylic acids is 1. The van der Waals surface area contributed by atoms with Gasteiger partial charge in [0, 0.05) is 32.6 Å². The minimum atomic E-state index is -3.51. The number of hydrogen-bond donors (Lipinski definition) is 0. The average Bonchev–Trinajstić information content (AvgIpc) is 2.89. The summed E-state index contributed by atoms with van der Waals surface area (Å²) in [5.41, 5.74) is 0. The van der Waals surface area contributed by atoms with Crippen LogP contribution in [0.5, 0.6) is 0 Å². The third kappa shape index (κ3) is 2.97. The molecule has 1 aliphatic rings. The van der Waals surface area contributed by atoms with E-state index in [1.807, 2.05) is 0 Å². The first-order valence-corrected chi connectivity index (χ1v) is 8.13. The van der Waals surface area contributed by atoms with E-state index in [4.69, 9.17) is 4.74 Å². The fourth-order valence-electron chi connectivity index (χ4n) is 1.72. The lowest BCUT2D eigenvalue weighted by molar-refractivity contribution is 0.0730. The molecule has 2 heterocycles. The highest BCUT2D eigenvalue weighted by Crippen LogP contribution is 2.24. The number of amides is 1. The third-order valence-electron chi connectivity index (χ3n) is 2.80. The van der Waals surface area contributed by atoms with Crippen molar-refractivity contribution in [2.24, 2.45) is 0 Å². The van der Waals surface area contributed by atoms with Crippen molar-refractivity contribution in [2.45, 2.75) is 4.90 Å². The predicted octanol–water partition coefficient (Wildman–Crippen LogP) is 0.471. The lowest BCUT2D eigenvalue weighted by atomic mass is 10.4. The summed E-state index contributed by atoms with van der Waals surface area (Å²) in [5.74, 6) is -0.187. The highest BCUT2D eigenvalue weighted by atomic mass is 32.2. The van der Waals surface area contributed by atoms with Crippen molar-refractivity contribution < 1.29 is 17.9 Å². The highest BCUT2D eigenvalue weighted by Gasteiger charge is 2.28. The molecule has 1 amide bonds. The summed E-state index contributed by atoms with van der Waals surface area (Å²) in [4.78, 5) is 13.8. The predicted molar refractivity (Wildman–Crippen MR) is 71.9 cm³/mol. The maximum atomic E-state index is 12.3. The van der Waals surface area contributed by atoms with Crippen LogP contribution in [0.2, 0.25) is 0 Å². The smallest absolute Gasteiger partial charge is 0.263 e. The van der Waals surface area contributed by atoms with Crippen molar-refractivity contribution >= 4 is 27.3 Å². The zero-order valence-electron chi connectivity index (χ0n) is 10.8. The van der Waals surface area contributed by atoms with Crippen molar-refractivity contribution in [2.75, 3.05) is 40.4 Å². The second-order valence-corrected chi connectivity index (χ2v) is 7.21. The molecule has 0 aromatic carbocycles. The topological polar surface area (TPSA) is 66.9 Å². The number of hydrogen-bond acceptors (Lipinski definition) is 5. The molecule has 0 spiro atoms. The minimum absolute atomic E-state index is 0.185. The van der Waals surface area contributed by atoms with Crippen molar-refractivity contribution in [3.8, 4) is 0 Å². The standard InChI is InChI=1S/C11H16N2O4S2/c1-12(2)11(14)10-7-9(8-18-10)19(15,16)13-3-5-17-6-4-13/h7-8H,3-6H2,1-2H3. The van der Waals surface area contributed by atoms with E-state index in [0.29, 0.717) is 31.2 Å². The van der Waals surface area contributed by atoms with E-state index in [2.05, 4.69) is 0 Å². The zero-order valence-corrected chi connectivity index (χ0v) is 12.5. The monoisotopic (exact) mass is 304 g/mol. The molecule has 1 fully saturated rings. The Hall–Kier alpha value is -0.960. The first kappa shape index (κ1) is 14.4. The number of thiophene rings is 1. The molecule has 0 atom stereocenters. The molecule has 8 heteroatoms. The van der Waals surface area contributed by atoms with Crippen LogP contribution in [0.1, 0.15) is 9.67 Å². The first-order chi connectivity index (χ1) is 8.93. The van der Waals surface area contributed by atoms with E-state index < -0.39 is 10.0 Å². The maximum Gasteiger partial charge on any atom is 0.263 e. The Bertz CT molecular complexity index is 559. The van der Waals surface area contributed by atoms with Gasteiger partial charge in [0.25, 0.3) is 5.91 Å². The second-order valence-electron chi connectivity index (χ2n) is 4.36. The summed E-state index contributed by atoms with van der Waals surface area (Å²) in [5, 5.41) is 1.52. The number of sulfonamides is 1. The van der Waals surface area contributed by atoms with Gasteiger partial charge in [-0.1, -0.05) is 0 Å². The quantitative estimate of drug-likeness (QED) is 0.814. The van der Waals surface area contributed by atoms with Gasteiger partial charge in [-0.3, -0.25) is 4.79 Å².